The molecular formula is C54H33N5. The fourth-order valence-electron chi connectivity index (χ4n) is 8.78. The number of aromatic nitrogens is 4. The third-order valence-corrected chi connectivity index (χ3v) is 11.4. The Bertz CT molecular complexity index is 3450. The number of fused-ring (bicyclic) bond motifs is 5. The maximum Gasteiger partial charge on any atom is 0.138 e. The zero-order chi connectivity index (χ0) is 39.3. The summed E-state index contributed by atoms with van der Waals surface area (Å²) in [5.41, 5.74) is 14.3. The van der Waals surface area contributed by atoms with Crippen LogP contribution in [0.3, 0.4) is 0 Å². The largest absolute Gasteiger partial charge is 0.291 e. The summed E-state index contributed by atoms with van der Waals surface area (Å²) in [6.45, 7) is 0. The molecule has 0 aliphatic carbocycles. The second-order valence-corrected chi connectivity index (χ2v) is 14.7. The SMILES string of the molecule is N#Cc1ccc2c(-c3cccc(-c4ccncc4)c3)c3ccccc3c(-c3cccc(-c4cccc5c6ncccc6n(-c6cccc(-c7ccccc7)n6)c45)c3)c2c1. The molecule has 5 nitrogen and oxygen atoms in total. The molecule has 0 atom stereocenters. The molecule has 0 N–H and O–H groups in total. The Balaban J connectivity index is 1.15. The van der Waals surface area contributed by atoms with E-state index in [9.17, 15) is 5.26 Å². The molecule has 7 aromatic carbocycles. The highest BCUT2D eigenvalue weighted by Gasteiger charge is 2.21. The molecule has 4 aromatic heterocycles. The van der Waals surface area contributed by atoms with E-state index < -0.39 is 0 Å². The van der Waals surface area contributed by atoms with Gasteiger partial charge in [0.25, 0.3) is 0 Å². The third-order valence-electron chi connectivity index (χ3n) is 11.4. The van der Waals surface area contributed by atoms with E-state index >= 15 is 0 Å². The Kier molecular flexibility index (Phi) is 8.13. The first-order valence-electron chi connectivity index (χ1n) is 19.6. The molecular weight excluding hydrogens is 719 g/mol. The van der Waals surface area contributed by atoms with Gasteiger partial charge in [-0.05, 0) is 121 Å². The predicted molar refractivity (Wildman–Crippen MR) is 241 cm³/mol. The van der Waals surface area contributed by atoms with Gasteiger partial charge in [0.2, 0.25) is 0 Å². The monoisotopic (exact) mass is 751 g/mol. The van der Waals surface area contributed by atoms with Crippen LogP contribution < -0.4 is 0 Å². The van der Waals surface area contributed by atoms with Crippen LogP contribution >= 0.6 is 0 Å². The molecule has 4 heterocycles. The molecule has 11 rings (SSSR count). The van der Waals surface area contributed by atoms with E-state index in [1.807, 2.05) is 61.1 Å². The van der Waals surface area contributed by atoms with Gasteiger partial charge in [-0.15, -0.1) is 0 Å². The van der Waals surface area contributed by atoms with Gasteiger partial charge < -0.3 is 0 Å². The Labute approximate surface area is 340 Å². The number of rotatable bonds is 6. The minimum absolute atomic E-state index is 0.619. The molecule has 0 fully saturated rings. The zero-order valence-electron chi connectivity index (χ0n) is 31.8. The van der Waals surface area contributed by atoms with Crippen LogP contribution in [0.5, 0.6) is 0 Å². The molecule has 0 aliphatic rings. The minimum Gasteiger partial charge on any atom is -0.291 e. The van der Waals surface area contributed by atoms with Crippen LogP contribution in [0.4, 0.5) is 0 Å². The Morgan fingerprint density at radius 1 is 0.441 bits per heavy atom. The van der Waals surface area contributed by atoms with Gasteiger partial charge >= 0.3 is 0 Å². The van der Waals surface area contributed by atoms with Crippen molar-refractivity contribution in [2.45, 2.75) is 0 Å². The quantitative estimate of drug-likeness (QED) is 0.159. The van der Waals surface area contributed by atoms with E-state index in [4.69, 9.17) is 9.97 Å². The van der Waals surface area contributed by atoms with Crippen LogP contribution in [0.15, 0.2) is 201 Å². The summed E-state index contributed by atoms with van der Waals surface area (Å²) in [6, 6.07) is 65.9. The van der Waals surface area contributed by atoms with E-state index in [-0.39, 0.29) is 0 Å². The molecule has 0 saturated heterocycles. The van der Waals surface area contributed by atoms with Crippen LogP contribution in [-0.2, 0) is 0 Å². The van der Waals surface area contributed by atoms with Crippen molar-refractivity contribution in [1.82, 2.24) is 19.5 Å². The van der Waals surface area contributed by atoms with Crippen LogP contribution in [0.2, 0.25) is 0 Å². The molecule has 0 unspecified atom stereocenters. The lowest BCUT2D eigenvalue weighted by Crippen LogP contribution is -1.99. The third kappa shape index (κ3) is 5.74. The van der Waals surface area contributed by atoms with Crippen molar-refractivity contribution < 1.29 is 0 Å². The fourth-order valence-corrected chi connectivity index (χ4v) is 8.78. The summed E-state index contributed by atoms with van der Waals surface area (Å²) in [4.78, 5) is 14.4. The number of hydrogen-bond donors (Lipinski definition) is 0. The molecule has 274 valence electrons. The lowest BCUT2D eigenvalue weighted by molar-refractivity contribution is 1.08. The summed E-state index contributed by atoms with van der Waals surface area (Å²) in [7, 11) is 0. The fraction of sp³-hybridized carbons (Fsp3) is 0. The van der Waals surface area contributed by atoms with Gasteiger partial charge in [0, 0.05) is 35.1 Å². The average Bonchev–Trinajstić information content (AvgIpc) is 3.66. The van der Waals surface area contributed by atoms with Gasteiger partial charge in [0.1, 0.15) is 5.82 Å². The van der Waals surface area contributed by atoms with E-state index in [2.05, 4.69) is 155 Å². The van der Waals surface area contributed by atoms with Crippen molar-refractivity contribution in [2.24, 2.45) is 0 Å². The highest BCUT2D eigenvalue weighted by molar-refractivity contribution is 6.22. The van der Waals surface area contributed by atoms with Gasteiger partial charge in [0.05, 0.1) is 33.9 Å². The number of hydrogen-bond acceptors (Lipinski definition) is 4. The van der Waals surface area contributed by atoms with Gasteiger partial charge in [-0.1, -0.05) is 121 Å². The highest BCUT2D eigenvalue weighted by Crippen LogP contribution is 2.46. The number of nitriles is 1. The summed E-state index contributed by atoms with van der Waals surface area (Å²) in [5, 5.41) is 15.7. The second-order valence-electron chi connectivity index (χ2n) is 14.7. The molecule has 0 bridgehead atoms. The number of pyridine rings is 3. The molecule has 0 amide bonds. The van der Waals surface area contributed by atoms with E-state index in [1.54, 1.807) is 0 Å². The van der Waals surface area contributed by atoms with E-state index in [1.165, 1.54) is 0 Å². The van der Waals surface area contributed by atoms with Crippen molar-refractivity contribution >= 4 is 43.5 Å². The summed E-state index contributed by atoms with van der Waals surface area (Å²) in [6.07, 6.45) is 5.52. The van der Waals surface area contributed by atoms with Gasteiger partial charge in [-0.2, -0.15) is 5.26 Å². The molecule has 11 aromatic rings. The van der Waals surface area contributed by atoms with Crippen LogP contribution in [0, 0.1) is 11.3 Å². The van der Waals surface area contributed by atoms with E-state index in [0.717, 1.165) is 105 Å². The molecule has 5 heteroatoms. The number of para-hydroxylation sites is 1. The molecule has 0 radical (unpaired) electrons. The average molecular weight is 752 g/mol. The maximum absolute atomic E-state index is 10.2. The summed E-state index contributed by atoms with van der Waals surface area (Å²) < 4.78 is 2.25. The molecule has 0 spiro atoms. The van der Waals surface area contributed by atoms with Crippen molar-refractivity contribution in [3.63, 3.8) is 0 Å². The smallest absolute Gasteiger partial charge is 0.138 e. The zero-order valence-corrected chi connectivity index (χ0v) is 31.8. The van der Waals surface area contributed by atoms with Crippen LogP contribution in [0.1, 0.15) is 5.56 Å². The normalized spacial score (nSPS) is 11.4. The molecule has 0 aliphatic heterocycles. The second kappa shape index (κ2) is 14.1. The Morgan fingerprint density at radius 3 is 1.88 bits per heavy atom. The summed E-state index contributed by atoms with van der Waals surface area (Å²) in [5.74, 6) is 0.826. The minimum atomic E-state index is 0.619. The number of benzene rings is 7. The van der Waals surface area contributed by atoms with Gasteiger partial charge in [-0.25, -0.2) is 4.98 Å². The lowest BCUT2D eigenvalue weighted by atomic mass is 9.84. The lowest BCUT2D eigenvalue weighted by Gasteiger charge is -2.19. The Morgan fingerprint density at radius 2 is 1.08 bits per heavy atom. The van der Waals surface area contributed by atoms with Crippen molar-refractivity contribution in [1.29, 1.82) is 5.26 Å². The molecule has 59 heavy (non-hydrogen) atoms. The van der Waals surface area contributed by atoms with Crippen molar-refractivity contribution in [3.05, 3.63) is 206 Å². The summed E-state index contributed by atoms with van der Waals surface area (Å²) >= 11 is 0. The van der Waals surface area contributed by atoms with Crippen LogP contribution in [-0.4, -0.2) is 19.5 Å². The van der Waals surface area contributed by atoms with Gasteiger partial charge in [-0.3, -0.25) is 14.5 Å². The Hall–Kier alpha value is -8.20. The molecule has 0 saturated carbocycles. The van der Waals surface area contributed by atoms with Crippen molar-refractivity contribution in [3.8, 4) is 67.7 Å². The first-order chi connectivity index (χ1) is 29.2. The first-order valence-corrected chi connectivity index (χ1v) is 19.6. The standard InChI is InChI=1S/C54H33N5/c55-34-35-24-25-45-47(31-35)52(44-18-5-4-17-43(44)51(45)40-15-6-13-38(32-40)36-26-29-56-30-27-36)41-16-7-14-39(33-41)42-19-8-20-46-53-49(22-10-28-57-53)59(54(42)46)50-23-9-21-48(58-50)37-11-2-1-3-12-37/h1-33H. The highest BCUT2D eigenvalue weighted by atomic mass is 15.1. The van der Waals surface area contributed by atoms with E-state index in [0.29, 0.717) is 5.56 Å². The van der Waals surface area contributed by atoms with Crippen molar-refractivity contribution in [2.75, 3.05) is 0 Å². The number of nitrogens with zero attached hydrogens (tertiary/aromatic N) is 5. The van der Waals surface area contributed by atoms with Crippen LogP contribution in [0.25, 0.3) is 105 Å². The first kappa shape index (κ1) is 34.1. The topological polar surface area (TPSA) is 67.4 Å². The maximum atomic E-state index is 10.2. The predicted octanol–water partition coefficient (Wildman–Crippen LogP) is 13.5. The van der Waals surface area contributed by atoms with Gasteiger partial charge in [0.15, 0.2) is 0 Å².